The van der Waals surface area contributed by atoms with Gasteiger partial charge in [0.15, 0.2) is 0 Å². The highest BCUT2D eigenvalue weighted by atomic mass is 19.1. The van der Waals surface area contributed by atoms with Crippen LogP contribution in [-0.4, -0.2) is 69.3 Å². The lowest BCUT2D eigenvalue weighted by Gasteiger charge is -2.30. The summed E-state index contributed by atoms with van der Waals surface area (Å²) < 4.78 is 19.2. The molecule has 2 heterocycles. The van der Waals surface area contributed by atoms with E-state index in [1.165, 1.54) is 4.90 Å². The van der Waals surface area contributed by atoms with Gasteiger partial charge in [-0.1, -0.05) is 38.8 Å². The van der Waals surface area contributed by atoms with Crippen LogP contribution in [0.5, 0.6) is 0 Å². The Balaban J connectivity index is 1.69. The molecule has 2 fully saturated rings. The zero-order valence-electron chi connectivity index (χ0n) is 16.7. The van der Waals surface area contributed by atoms with Crippen LogP contribution < -0.4 is 5.32 Å². The Hall–Kier alpha value is -1.87. The molecule has 1 amide bonds. The normalized spacial score (nSPS) is 24.7. The van der Waals surface area contributed by atoms with E-state index in [9.17, 15) is 19.1 Å². The summed E-state index contributed by atoms with van der Waals surface area (Å²) in [5.74, 6) is -0.683. The Morgan fingerprint density at radius 3 is 2.61 bits per heavy atom. The Kier molecular flexibility index (Phi) is 5.86. The number of halogens is 1. The number of hydrogen-bond acceptors (Lipinski definition) is 7. The molecule has 156 valence electrons. The van der Waals surface area contributed by atoms with Crippen LogP contribution in [0.25, 0.3) is 0 Å². The summed E-state index contributed by atoms with van der Waals surface area (Å²) in [6.45, 7) is 5.41. The summed E-state index contributed by atoms with van der Waals surface area (Å²) in [5.41, 5.74) is -0.873. The van der Waals surface area contributed by atoms with Gasteiger partial charge in [-0.2, -0.15) is 4.98 Å². The van der Waals surface area contributed by atoms with Crippen LogP contribution in [0.15, 0.2) is 4.52 Å². The average Bonchev–Trinajstić information content (AvgIpc) is 3.38. The molecule has 28 heavy (non-hydrogen) atoms. The number of carbonyl (C=O) groups is 2. The number of likely N-dealkylation sites (tertiary alicyclic amines) is 1. The predicted molar refractivity (Wildman–Crippen MR) is 98.6 cm³/mol. The number of amides is 1. The molecule has 9 heteroatoms. The second-order valence-corrected chi connectivity index (χ2v) is 8.93. The van der Waals surface area contributed by atoms with E-state index in [1.807, 2.05) is 20.8 Å². The summed E-state index contributed by atoms with van der Waals surface area (Å²) in [7, 11) is 0. The Labute approximate surface area is 163 Å². The quantitative estimate of drug-likeness (QED) is 0.699. The van der Waals surface area contributed by atoms with Crippen LogP contribution in [0.4, 0.5) is 4.39 Å². The van der Waals surface area contributed by atoms with E-state index in [2.05, 4.69) is 15.5 Å². The maximum Gasteiger partial charge on any atom is 0.240 e. The van der Waals surface area contributed by atoms with Crippen LogP contribution in [0.2, 0.25) is 0 Å². The molecule has 1 aromatic rings. The van der Waals surface area contributed by atoms with Gasteiger partial charge in [0.1, 0.15) is 12.2 Å². The third-order valence-electron chi connectivity index (χ3n) is 5.64. The van der Waals surface area contributed by atoms with Crippen molar-refractivity contribution in [2.45, 2.75) is 76.0 Å². The van der Waals surface area contributed by atoms with E-state index in [1.54, 1.807) is 0 Å². The largest absolute Gasteiger partial charge is 0.394 e. The minimum absolute atomic E-state index is 0.0451. The average molecular weight is 396 g/mol. The van der Waals surface area contributed by atoms with Crippen LogP contribution in [0.1, 0.15) is 69.4 Å². The molecular formula is C19H29FN4O4. The first-order valence-electron chi connectivity index (χ1n) is 9.83. The van der Waals surface area contributed by atoms with Gasteiger partial charge in [-0.25, -0.2) is 4.39 Å². The molecular weight excluding hydrogens is 367 g/mol. The molecule has 0 bridgehead atoms. The number of aliphatic hydroxyl groups is 1. The Bertz CT molecular complexity index is 724. The highest BCUT2D eigenvalue weighted by molar-refractivity contribution is 5.99. The number of hydrogen-bond donors (Lipinski definition) is 2. The Morgan fingerprint density at radius 1 is 1.36 bits per heavy atom. The molecule has 3 rings (SSSR count). The number of alkyl halides is 1. The SMILES string of the molecule is CC(C)(C)c1nc(C(=O)C2C[C@H](F)CN2C(=O)CNC2(CO)CCCC2)no1. The number of aliphatic hydroxyl groups excluding tert-OH is 1. The maximum atomic E-state index is 14.1. The third kappa shape index (κ3) is 4.25. The van der Waals surface area contributed by atoms with Gasteiger partial charge in [0.05, 0.1) is 19.7 Å². The van der Waals surface area contributed by atoms with Crippen LogP contribution >= 0.6 is 0 Å². The van der Waals surface area contributed by atoms with Gasteiger partial charge in [0.2, 0.25) is 23.4 Å². The monoisotopic (exact) mass is 396 g/mol. The van der Waals surface area contributed by atoms with Gasteiger partial charge in [0.25, 0.3) is 0 Å². The van der Waals surface area contributed by atoms with Crippen molar-refractivity contribution in [3.63, 3.8) is 0 Å². The summed E-state index contributed by atoms with van der Waals surface area (Å²) in [6.07, 6.45) is 2.23. The van der Waals surface area contributed by atoms with E-state index in [-0.39, 0.29) is 37.8 Å². The molecule has 1 aromatic heterocycles. The van der Waals surface area contributed by atoms with Crippen molar-refractivity contribution in [2.75, 3.05) is 19.7 Å². The van der Waals surface area contributed by atoms with E-state index in [0.29, 0.717) is 5.89 Å². The van der Waals surface area contributed by atoms with Crippen molar-refractivity contribution in [3.8, 4) is 0 Å². The molecule has 1 saturated heterocycles. The fourth-order valence-electron chi connectivity index (χ4n) is 3.89. The van der Waals surface area contributed by atoms with Gasteiger partial charge in [-0.05, 0) is 12.8 Å². The topological polar surface area (TPSA) is 109 Å². The molecule has 0 spiro atoms. The van der Waals surface area contributed by atoms with E-state index in [0.717, 1.165) is 25.7 Å². The van der Waals surface area contributed by atoms with Crippen LogP contribution in [-0.2, 0) is 10.2 Å². The number of carbonyl (C=O) groups excluding carboxylic acids is 2. The molecule has 0 radical (unpaired) electrons. The van der Waals surface area contributed by atoms with Gasteiger partial charge < -0.3 is 19.8 Å². The third-order valence-corrected chi connectivity index (χ3v) is 5.64. The zero-order valence-corrected chi connectivity index (χ0v) is 16.7. The van der Waals surface area contributed by atoms with Crippen molar-refractivity contribution in [3.05, 3.63) is 11.7 Å². The second kappa shape index (κ2) is 7.87. The first kappa shape index (κ1) is 20.9. The van der Waals surface area contributed by atoms with Crippen molar-refractivity contribution in [2.24, 2.45) is 0 Å². The Morgan fingerprint density at radius 2 is 2.04 bits per heavy atom. The minimum atomic E-state index is -1.27. The smallest absolute Gasteiger partial charge is 0.240 e. The van der Waals surface area contributed by atoms with Crippen molar-refractivity contribution in [1.29, 1.82) is 0 Å². The standard InChI is InChI=1S/C19H29FN4O4/c1-18(2,3)17-22-16(23-28-17)15(27)13-8-12(20)10-24(13)14(26)9-21-19(11-25)6-4-5-7-19/h12-13,21,25H,4-11H2,1-3H3/t12-,13?/m0/s1. The van der Waals surface area contributed by atoms with Gasteiger partial charge in [-0.3, -0.25) is 9.59 Å². The first-order valence-corrected chi connectivity index (χ1v) is 9.83. The molecule has 1 aliphatic heterocycles. The number of rotatable bonds is 6. The fourth-order valence-corrected chi connectivity index (χ4v) is 3.89. The number of nitrogens with one attached hydrogen (secondary N) is 1. The molecule has 2 aliphatic rings. The van der Waals surface area contributed by atoms with Crippen molar-refractivity contribution < 1.29 is 23.6 Å². The molecule has 2 atom stereocenters. The number of aromatic nitrogens is 2. The summed E-state index contributed by atoms with van der Waals surface area (Å²) in [5, 5.41) is 16.5. The lowest BCUT2D eigenvalue weighted by atomic mass is 9.97. The first-order chi connectivity index (χ1) is 13.1. The van der Waals surface area contributed by atoms with Crippen LogP contribution in [0, 0.1) is 0 Å². The second-order valence-electron chi connectivity index (χ2n) is 8.93. The number of nitrogens with zero attached hydrogens (tertiary/aromatic N) is 3. The highest BCUT2D eigenvalue weighted by Gasteiger charge is 2.42. The summed E-state index contributed by atoms with van der Waals surface area (Å²) >= 11 is 0. The molecule has 8 nitrogen and oxygen atoms in total. The van der Waals surface area contributed by atoms with E-state index < -0.39 is 29.0 Å². The lowest BCUT2D eigenvalue weighted by Crippen LogP contribution is -2.52. The summed E-state index contributed by atoms with van der Waals surface area (Å²) in [6, 6.07) is -0.941. The molecule has 2 N–H and O–H groups in total. The predicted octanol–water partition coefficient (Wildman–Crippen LogP) is 1.38. The highest BCUT2D eigenvalue weighted by Crippen LogP contribution is 2.29. The molecule has 1 saturated carbocycles. The van der Waals surface area contributed by atoms with Gasteiger partial charge in [0, 0.05) is 17.4 Å². The molecule has 0 aromatic carbocycles. The minimum Gasteiger partial charge on any atom is -0.394 e. The lowest BCUT2D eigenvalue weighted by molar-refractivity contribution is -0.131. The maximum absolute atomic E-state index is 14.1. The fraction of sp³-hybridized carbons (Fsp3) is 0.789. The summed E-state index contributed by atoms with van der Waals surface area (Å²) in [4.78, 5) is 30.9. The number of ketones is 1. The molecule has 1 aliphatic carbocycles. The zero-order chi connectivity index (χ0) is 20.5. The van der Waals surface area contributed by atoms with E-state index >= 15 is 0 Å². The molecule has 1 unspecified atom stereocenters. The van der Waals surface area contributed by atoms with Crippen molar-refractivity contribution in [1.82, 2.24) is 20.4 Å². The van der Waals surface area contributed by atoms with Gasteiger partial charge >= 0.3 is 0 Å². The van der Waals surface area contributed by atoms with Crippen LogP contribution in [0.3, 0.4) is 0 Å². The van der Waals surface area contributed by atoms with Crippen molar-refractivity contribution >= 4 is 11.7 Å². The van der Waals surface area contributed by atoms with Gasteiger partial charge in [-0.15, -0.1) is 0 Å². The van der Waals surface area contributed by atoms with E-state index in [4.69, 9.17) is 4.52 Å². The number of Topliss-reactive ketones (excluding diaryl/α,β-unsaturated/α-hetero) is 1.